The van der Waals surface area contributed by atoms with Gasteiger partial charge in [-0.3, -0.25) is 4.98 Å². The van der Waals surface area contributed by atoms with Gasteiger partial charge in [0.1, 0.15) is 0 Å². The SMILES string of the molecule is CS[B]c1cc(C)nc(C)c1. The van der Waals surface area contributed by atoms with E-state index >= 15 is 0 Å². The zero-order valence-electron chi connectivity index (χ0n) is 7.09. The molecule has 3 heteroatoms. The third kappa shape index (κ3) is 2.58. The molecule has 11 heavy (non-hydrogen) atoms. The summed E-state index contributed by atoms with van der Waals surface area (Å²) in [4.78, 5) is 4.29. The summed E-state index contributed by atoms with van der Waals surface area (Å²) in [7, 11) is 0. The van der Waals surface area contributed by atoms with Gasteiger partial charge in [-0.25, -0.2) is 11.6 Å². The van der Waals surface area contributed by atoms with Crippen LogP contribution in [0.2, 0.25) is 0 Å². The molecule has 0 aromatic carbocycles. The second-order valence-corrected chi connectivity index (χ2v) is 3.24. The lowest BCUT2D eigenvalue weighted by atomic mass is 9.94. The van der Waals surface area contributed by atoms with Crippen molar-refractivity contribution in [3.8, 4) is 0 Å². The van der Waals surface area contributed by atoms with Crippen molar-refractivity contribution >= 4 is 23.6 Å². The minimum atomic E-state index is 1.09. The van der Waals surface area contributed by atoms with Gasteiger partial charge >= 0.3 is 0 Å². The lowest BCUT2D eigenvalue weighted by Gasteiger charge is -2.00. The first-order chi connectivity index (χ1) is 5.22. The average molecular weight is 164 g/mol. The predicted octanol–water partition coefficient (Wildman–Crippen LogP) is 1.31. The van der Waals surface area contributed by atoms with Crippen LogP contribution in [0.5, 0.6) is 0 Å². The van der Waals surface area contributed by atoms with Gasteiger partial charge in [0, 0.05) is 11.4 Å². The summed E-state index contributed by atoms with van der Waals surface area (Å²) in [6.45, 7) is 6.16. The van der Waals surface area contributed by atoms with E-state index in [2.05, 4.69) is 29.9 Å². The molecular formula is C8H11BNS. The molecule has 0 spiro atoms. The van der Waals surface area contributed by atoms with Crippen LogP contribution in [-0.4, -0.2) is 17.8 Å². The topological polar surface area (TPSA) is 12.9 Å². The van der Waals surface area contributed by atoms with Crippen molar-refractivity contribution in [2.24, 2.45) is 0 Å². The number of hydrogen-bond donors (Lipinski definition) is 0. The Morgan fingerprint density at radius 3 is 2.27 bits per heavy atom. The molecule has 1 rings (SSSR count). The lowest BCUT2D eigenvalue weighted by molar-refractivity contribution is 1.13. The summed E-state index contributed by atoms with van der Waals surface area (Å²) >= 11 is 1.72. The molecule has 0 aliphatic rings. The molecule has 57 valence electrons. The minimum absolute atomic E-state index is 1.09. The minimum Gasteiger partial charge on any atom is -0.259 e. The van der Waals surface area contributed by atoms with E-state index in [1.165, 1.54) is 5.46 Å². The molecule has 0 amide bonds. The molecule has 0 bridgehead atoms. The van der Waals surface area contributed by atoms with Crippen LogP contribution in [-0.2, 0) is 0 Å². The molecule has 1 radical (unpaired) electrons. The smallest absolute Gasteiger partial charge is 0.229 e. The Kier molecular flexibility index (Phi) is 3.00. The molecule has 0 atom stereocenters. The fraction of sp³-hybridized carbons (Fsp3) is 0.375. The van der Waals surface area contributed by atoms with Crippen molar-refractivity contribution < 1.29 is 0 Å². The molecule has 0 aliphatic carbocycles. The van der Waals surface area contributed by atoms with E-state index < -0.39 is 0 Å². The fourth-order valence-electron chi connectivity index (χ4n) is 1.07. The highest BCUT2D eigenvalue weighted by Crippen LogP contribution is 1.96. The summed E-state index contributed by atoms with van der Waals surface area (Å²) in [6, 6.07) is 4.17. The Hall–Kier alpha value is -0.435. The molecular weight excluding hydrogens is 153 g/mol. The van der Waals surface area contributed by atoms with Gasteiger partial charge in [-0.15, -0.1) is 0 Å². The number of rotatable bonds is 2. The van der Waals surface area contributed by atoms with E-state index in [9.17, 15) is 0 Å². The average Bonchev–Trinajstić information content (AvgIpc) is 1.85. The van der Waals surface area contributed by atoms with Gasteiger partial charge in [0.2, 0.25) is 6.56 Å². The Morgan fingerprint density at radius 1 is 1.27 bits per heavy atom. The third-order valence-electron chi connectivity index (χ3n) is 1.36. The summed E-state index contributed by atoms with van der Waals surface area (Å²) in [6.07, 6.45) is 2.06. The van der Waals surface area contributed by atoms with E-state index in [0.29, 0.717) is 0 Å². The Labute approximate surface area is 72.8 Å². The summed E-state index contributed by atoms with van der Waals surface area (Å²) in [5.74, 6) is 0. The molecule has 1 aromatic rings. The molecule has 0 saturated heterocycles. The Bertz CT molecular complexity index is 230. The van der Waals surface area contributed by atoms with Crippen LogP contribution in [0.15, 0.2) is 12.1 Å². The van der Waals surface area contributed by atoms with Crippen LogP contribution >= 0.6 is 11.6 Å². The van der Waals surface area contributed by atoms with Gasteiger partial charge in [-0.2, -0.15) is 0 Å². The maximum Gasteiger partial charge on any atom is 0.229 e. The summed E-state index contributed by atoms with van der Waals surface area (Å²) in [5.41, 5.74) is 3.43. The number of hydrogen-bond acceptors (Lipinski definition) is 2. The van der Waals surface area contributed by atoms with Crippen LogP contribution in [0.3, 0.4) is 0 Å². The number of nitrogens with zero attached hydrogens (tertiary/aromatic N) is 1. The standard InChI is InChI=1S/C8H11BNS/c1-6-4-8(9-11-3)5-7(2)10-6/h4-5H,1-3H3. The van der Waals surface area contributed by atoms with Gasteiger partial charge in [0.25, 0.3) is 0 Å². The fourth-order valence-corrected chi connectivity index (χ4v) is 1.48. The zero-order chi connectivity index (χ0) is 8.27. The van der Waals surface area contributed by atoms with Gasteiger partial charge in [-0.1, -0.05) is 5.46 Å². The van der Waals surface area contributed by atoms with Gasteiger partial charge in [0.05, 0.1) is 0 Å². The highest BCUT2D eigenvalue weighted by Gasteiger charge is 1.96. The van der Waals surface area contributed by atoms with Crippen molar-refractivity contribution in [3.63, 3.8) is 0 Å². The van der Waals surface area contributed by atoms with E-state index in [1.807, 2.05) is 13.8 Å². The maximum atomic E-state index is 4.29. The van der Waals surface area contributed by atoms with Crippen molar-refractivity contribution in [2.75, 3.05) is 6.26 Å². The van der Waals surface area contributed by atoms with Crippen molar-refractivity contribution in [1.82, 2.24) is 4.98 Å². The number of pyridine rings is 1. The lowest BCUT2D eigenvalue weighted by Crippen LogP contribution is -2.12. The maximum absolute atomic E-state index is 4.29. The second kappa shape index (κ2) is 3.81. The second-order valence-electron chi connectivity index (χ2n) is 2.54. The number of aromatic nitrogens is 1. The Morgan fingerprint density at radius 2 is 1.82 bits per heavy atom. The molecule has 1 nitrogen and oxygen atoms in total. The molecule has 0 saturated carbocycles. The van der Waals surface area contributed by atoms with Crippen molar-refractivity contribution in [3.05, 3.63) is 23.5 Å². The third-order valence-corrected chi connectivity index (χ3v) is 1.87. The summed E-state index contributed by atoms with van der Waals surface area (Å²) < 4.78 is 0. The van der Waals surface area contributed by atoms with Gasteiger partial charge < -0.3 is 0 Å². The van der Waals surface area contributed by atoms with Crippen molar-refractivity contribution in [2.45, 2.75) is 13.8 Å². The molecule has 0 unspecified atom stereocenters. The highest BCUT2D eigenvalue weighted by atomic mass is 32.2. The molecule has 1 heterocycles. The normalized spacial score (nSPS) is 9.73. The van der Waals surface area contributed by atoms with Crippen LogP contribution < -0.4 is 5.46 Å². The first-order valence-corrected chi connectivity index (χ1v) is 4.82. The van der Waals surface area contributed by atoms with E-state index in [0.717, 1.165) is 11.4 Å². The monoisotopic (exact) mass is 164 g/mol. The highest BCUT2D eigenvalue weighted by molar-refractivity contribution is 8.23. The molecule has 0 N–H and O–H groups in total. The number of aryl methyl sites for hydroxylation is 2. The molecule has 0 fully saturated rings. The van der Waals surface area contributed by atoms with E-state index in [-0.39, 0.29) is 0 Å². The Balaban J connectivity index is 2.89. The first kappa shape index (κ1) is 8.66. The summed E-state index contributed by atoms with van der Waals surface area (Å²) in [5, 5.41) is 0. The molecule has 0 aliphatic heterocycles. The van der Waals surface area contributed by atoms with Crippen LogP contribution in [0, 0.1) is 13.8 Å². The first-order valence-electron chi connectivity index (χ1n) is 3.53. The predicted molar refractivity (Wildman–Crippen MR) is 52.6 cm³/mol. The quantitative estimate of drug-likeness (QED) is 0.611. The van der Waals surface area contributed by atoms with Crippen molar-refractivity contribution in [1.29, 1.82) is 0 Å². The largest absolute Gasteiger partial charge is 0.259 e. The molecule has 1 aromatic heterocycles. The van der Waals surface area contributed by atoms with E-state index in [1.54, 1.807) is 11.6 Å². The van der Waals surface area contributed by atoms with Gasteiger partial charge in [-0.05, 0) is 32.2 Å². The van der Waals surface area contributed by atoms with Crippen LogP contribution in [0.4, 0.5) is 0 Å². The zero-order valence-corrected chi connectivity index (χ0v) is 7.90. The van der Waals surface area contributed by atoms with Crippen LogP contribution in [0.1, 0.15) is 11.4 Å². The van der Waals surface area contributed by atoms with Crippen LogP contribution in [0.25, 0.3) is 0 Å². The van der Waals surface area contributed by atoms with E-state index in [4.69, 9.17) is 0 Å². The van der Waals surface area contributed by atoms with Gasteiger partial charge in [0.15, 0.2) is 0 Å².